The third kappa shape index (κ3) is 4.53. The highest BCUT2D eigenvalue weighted by atomic mass is 16.5. The molecule has 0 bridgehead atoms. The van der Waals surface area contributed by atoms with E-state index in [0.29, 0.717) is 23.4 Å². The van der Waals surface area contributed by atoms with Crippen LogP contribution in [-0.2, 0) is 12.8 Å². The van der Waals surface area contributed by atoms with Gasteiger partial charge in [0.15, 0.2) is 11.5 Å². The maximum atomic E-state index is 12.9. The molecule has 0 aliphatic carbocycles. The van der Waals surface area contributed by atoms with Crippen LogP contribution in [0.25, 0.3) is 22.5 Å². The fraction of sp³-hybridized carbons (Fsp3) is 0.407. The van der Waals surface area contributed by atoms with Crippen molar-refractivity contribution in [2.24, 2.45) is 0 Å². The molecular weight excluding hydrogens is 414 g/mol. The van der Waals surface area contributed by atoms with E-state index in [1.165, 1.54) is 11.1 Å². The summed E-state index contributed by atoms with van der Waals surface area (Å²) in [6.07, 6.45) is 1.95. The summed E-state index contributed by atoms with van der Waals surface area (Å²) >= 11 is 0. The van der Waals surface area contributed by atoms with Crippen molar-refractivity contribution in [3.8, 4) is 28.2 Å². The number of carbonyl (C=O) groups excluding carboxylic acids is 1. The van der Waals surface area contributed by atoms with Crippen LogP contribution in [0.2, 0.25) is 0 Å². The summed E-state index contributed by atoms with van der Waals surface area (Å²) in [4.78, 5) is 15.2. The molecule has 6 nitrogen and oxygen atoms in total. The van der Waals surface area contributed by atoms with Gasteiger partial charge in [0.1, 0.15) is 5.75 Å². The quantitative estimate of drug-likeness (QED) is 0.580. The molecule has 2 N–H and O–H groups in total. The van der Waals surface area contributed by atoms with E-state index in [1.807, 2.05) is 26.0 Å². The highest BCUT2D eigenvalue weighted by molar-refractivity contribution is 6.02. The molecule has 0 fully saturated rings. The zero-order chi connectivity index (χ0) is 23.7. The van der Waals surface area contributed by atoms with E-state index < -0.39 is 0 Å². The first-order valence-corrected chi connectivity index (χ1v) is 11.7. The molecule has 2 heterocycles. The second-order valence-corrected chi connectivity index (χ2v) is 9.26. The third-order valence-electron chi connectivity index (χ3n) is 6.52. The van der Waals surface area contributed by atoms with Crippen LogP contribution in [0.3, 0.4) is 0 Å². The van der Waals surface area contributed by atoms with E-state index in [2.05, 4.69) is 48.4 Å². The number of fused-ring (bicyclic) bond motifs is 1. The average molecular weight is 448 g/mol. The fourth-order valence-electron chi connectivity index (χ4n) is 4.65. The van der Waals surface area contributed by atoms with Gasteiger partial charge < -0.3 is 19.8 Å². The lowest BCUT2D eigenvalue weighted by Gasteiger charge is -2.14. The summed E-state index contributed by atoms with van der Waals surface area (Å²) in [5.41, 5.74) is 7.04. The molecule has 3 aromatic rings. The number of rotatable bonds is 5. The predicted octanol–water partition coefficient (Wildman–Crippen LogP) is 4.93. The Hall–Kier alpha value is -3.12. The van der Waals surface area contributed by atoms with Crippen LogP contribution in [0.15, 0.2) is 34.9 Å². The van der Waals surface area contributed by atoms with Gasteiger partial charge in [-0.25, -0.2) is 0 Å². The number of amides is 1. The van der Waals surface area contributed by atoms with Gasteiger partial charge in [0.2, 0.25) is 0 Å². The number of aryl methyl sites for hydroxylation is 1. The number of hydrogen-bond acceptors (Lipinski definition) is 5. The van der Waals surface area contributed by atoms with Gasteiger partial charge in [-0.15, -0.1) is 0 Å². The van der Waals surface area contributed by atoms with Crippen molar-refractivity contribution in [3.05, 3.63) is 58.3 Å². The Bertz CT molecular complexity index is 1180. The number of carbonyl (C=O) groups is 1. The number of hydrogen-bond donors (Lipinski definition) is 2. The minimum absolute atomic E-state index is 0.119. The number of likely N-dealkylation sites (N-methyl/N-ethyl adjacent to an activating group) is 1. The summed E-state index contributed by atoms with van der Waals surface area (Å²) in [6.45, 7) is 10.6. The van der Waals surface area contributed by atoms with Crippen molar-refractivity contribution in [3.63, 3.8) is 0 Å². The number of phenols is 1. The van der Waals surface area contributed by atoms with E-state index in [0.717, 1.165) is 42.6 Å². The van der Waals surface area contributed by atoms with Crippen molar-refractivity contribution >= 4 is 5.91 Å². The van der Waals surface area contributed by atoms with Crippen LogP contribution in [0.5, 0.6) is 5.75 Å². The van der Waals surface area contributed by atoms with Gasteiger partial charge in [-0.2, -0.15) is 0 Å². The molecule has 6 heteroatoms. The molecule has 1 aromatic heterocycles. The van der Waals surface area contributed by atoms with Crippen molar-refractivity contribution in [2.45, 2.75) is 46.5 Å². The number of aromatic hydroxyl groups is 1. The Kier molecular flexibility index (Phi) is 6.56. The van der Waals surface area contributed by atoms with Crippen LogP contribution < -0.4 is 5.32 Å². The Morgan fingerprint density at radius 3 is 2.61 bits per heavy atom. The predicted molar refractivity (Wildman–Crippen MR) is 131 cm³/mol. The van der Waals surface area contributed by atoms with E-state index in [1.54, 1.807) is 6.07 Å². The molecule has 1 aliphatic rings. The lowest BCUT2D eigenvalue weighted by Crippen LogP contribution is -2.23. The van der Waals surface area contributed by atoms with Crippen molar-refractivity contribution in [2.75, 3.05) is 26.7 Å². The summed E-state index contributed by atoms with van der Waals surface area (Å²) < 4.78 is 5.77. The molecule has 33 heavy (non-hydrogen) atoms. The van der Waals surface area contributed by atoms with E-state index in [4.69, 9.17) is 4.52 Å². The lowest BCUT2D eigenvalue weighted by atomic mass is 9.90. The number of phenolic OH excluding ortho intramolecular Hbond substituents is 1. The maximum Gasteiger partial charge on any atom is 0.274 e. The maximum absolute atomic E-state index is 12.9. The molecule has 0 atom stereocenters. The van der Waals surface area contributed by atoms with Gasteiger partial charge in [-0.3, -0.25) is 4.79 Å². The number of nitrogens with zero attached hydrogens (tertiary/aromatic N) is 2. The molecular formula is C27H33N3O3. The lowest BCUT2D eigenvalue weighted by molar-refractivity contribution is 0.0947. The number of nitrogens with one attached hydrogen (secondary N) is 1. The third-order valence-corrected chi connectivity index (χ3v) is 6.52. The van der Waals surface area contributed by atoms with E-state index in [9.17, 15) is 9.90 Å². The molecule has 0 spiro atoms. The second kappa shape index (κ2) is 9.40. The average Bonchev–Trinajstić information content (AvgIpc) is 3.12. The fourth-order valence-corrected chi connectivity index (χ4v) is 4.65. The van der Waals surface area contributed by atoms with Gasteiger partial charge in [0.05, 0.1) is 11.1 Å². The van der Waals surface area contributed by atoms with Gasteiger partial charge in [-0.05, 0) is 79.6 Å². The van der Waals surface area contributed by atoms with Gasteiger partial charge in [0, 0.05) is 19.6 Å². The highest BCUT2D eigenvalue weighted by Crippen LogP contribution is 2.42. The first-order chi connectivity index (χ1) is 15.8. The number of benzene rings is 2. The topological polar surface area (TPSA) is 78.6 Å². The molecule has 0 radical (unpaired) electrons. The zero-order valence-corrected chi connectivity index (χ0v) is 20.2. The monoisotopic (exact) mass is 447 g/mol. The Morgan fingerprint density at radius 2 is 1.91 bits per heavy atom. The summed E-state index contributed by atoms with van der Waals surface area (Å²) in [6, 6.07) is 10.1. The first kappa shape index (κ1) is 23.1. The van der Waals surface area contributed by atoms with Gasteiger partial charge in [0.25, 0.3) is 5.91 Å². The minimum atomic E-state index is -0.284. The largest absolute Gasteiger partial charge is 0.507 e. The van der Waals surface area contributed by atoms with Crippen molar-refractivity contribution in [1.82, 2.24) is 15.4 Å². The minimum Gasteiger partial charge on any atom is -0.507 e. The first-order valence-electron chi connectivity index (χ1n) is 11.7. The smallest absolute Gasteiger partial charge is 0.274 e. The number of aromatic nitrogens is 1. The van der Waals surface area contributed by atoms with Gasteiger partial charge in [-0.1, -0.05) is 37.2 Å². The van der Waals surface area contributed by atoms with Crippen LogP contribution >= 0.6 is 0 Å². The summed E-state index contributed by atoms with van der Waals surface area (Å²) in [5.74, 6) is 0.533. The SMILES string of the molecule is CCNC(=O)c1noc(-c2cc(C(C)C)c(C)cc2O)c1-c1ccc2c(c1)CCN(C)CC2. The zero-order valence-electron chi connectivity index (χ0n) is 20.2. The Balaban J connectivity index is 1.91. The van der Waals surface area contributed by atoms with Crippen LogP contribution in [0.1, 0.15) is 59.4 Å². The van der Waals surface area contributed by atoms with Crippen molar-refractivity contribution < 1.29 is 14.4 Å². The van der Waals surface area contributed by atoms with E-state index >= 15 is 0 Å². The molecule has 0 unspecified atom stereocenters. The van der Waals surface area contributed by atoms with Gasteiger partial charge >= 0.3 is 0 Å². The molecule has 1 aliphatic heterocycles. The van der Waals surface area contributed by atoms with Crippen LogP contribution in [-0.4, -0.2) is 47.8 Å². The van der Waals surface area contributed by atoms with E-state index in [-0.39, 0.29) is 23.3 Å². The van der Waals surface area contributed by atoms with Crippen molar-refractivity contribution in [1.29, 1.82) is 0 Å². The van der Waals surface area contributed by atoms with Crippen LogP contribution in [0.4, 0.5) is 0 Å². The molecule has 0 saturated carbocycles. The Labute approximate surface area is 195 Å². The molecule has 2 aromatic carbocycles. The molecule has 4 rings (SSSR count). The summed E-state index contributed by atoms with van der Waals surface area (Å²) in [5, 5.41) is 17.8. The normalized spacial score (nSPS) is 14.2. The standard InChI is InChI=1S/C27H33N3O3/c1-6-28-27(32)25-24(20-8-7-18-9-11-30(5)12-10-19(18)14-20)26(33-29-25)22-15-21(16(2)3)17(4)13-23(22)31/h7-8,13-16,31H,6,9-12H2,1-5H3,(H,28,32). The second-order valence-electron chi connectivity index (χ2n) is 9.26. The molecule has 174 valence electrons. The highest BCUT2D eigenvalue weighted by Gasteiger charge is 2.27. The summed E-state index contributed by atoms with van der Waals surface area (Å²) in [7, 11) is 2.14. The molecule has 0 saturated heterocycles. The molecule has 1 amide bonds. The van der Waals surface area contributed by atoms with Crippen LogP contribution in [0, 0.1) is 6.92 Å². The Morgan fingerprint density at radius 1 is 1.18 bits per heavy atom.